The Bertz CT molecular complexity index is 374. The minimum absolute atomic E-state index is 0.140. The Hall–Kier alpha value is -1.03. The highest BCUT2D eigenvalue weighted by Gasteiger charge is 2.11. The summed E-state index contributed by atoms with van der Waals surface area (Å²) in [7, 11) is 0. The zero-order valence-corrected chi connectivity index (χ0v) is 10.1. The van der Waals surface area contributed by atoms with Gasteiger partial charge in [-0.05, 0) is 32.4 Å². The van der Waals surface area contributed by atoms with E-state index >= 15 is 0 Å². The van der Waals surface area contributed by atoms with Crippen LogP contribution in [0, 0.1) is 0 Å². The van der Waals surface area contributed by atoms with Crippen LogP contribution in [0.15, 0.2) is 17.2 Å². The Morgan fingerprint density at radius 1 is 1.06 bits per heavy atom. The molecule has 0 amide bonds. The van der Waals surface area contributed by atoms with E-state index in [0.29, 0.717) is 0 Å². The Morgan fingerprint density at radius 3 is 2.31 bits per heavy atom. The first kappa shape index (κ1) is 11.5. The minimum atomic E-state index is 0.140. The van der Waals surface area contributed by atoms with E-state index in [1.807, 2.05) is 17.0 Å². The summed E-state index contributed by atoms with van der Waals surface area (Å²) < 4.78 is 3.62. The average molecular weight is 223 g/mol. The maximum absolute atomic E-state index is 11.9. The van der Waals surface area contributed by atoms with Crippen molar-refractivity contribution in [2.45, 2.75) is 39.3 Å². The average Bonchev–Trinajstić information content (AvgIpc) is 2.89. The molecule has 0 bridgehead atoms. The van der Waals surface area contributed by atoms with Gasteiger partial charge in [0.25, 0.3) is 0 Å². The van der Waals surface area contributed by atoms with Crippen molar-refractivity contribution in [1.82, 2.24) is 14.0 Å². The van der Waals surface area contributed by atoms with Crippen LogP contribution in [0.4, 0.5) is 0 Å². The van der Waals surface area contributed by atoms with E-state index in [9.17, 15) is 4.79 Å². The summed E-state index contributed by atoms with van der Waals surface area (Å²) in [4.78, 5) is 14.3. The summed E-state index contributed by atoms with van der Waals surface area (Å²) in [5, 5.41) is 0. The van der Waals surface area contributed by atoms with Crippen molar-refractivity contribution < 1.29 is 0 Å². The molecule has 1 aliphatic heterocycles. The van der Waals surface area contributed by atoms with Gasteiger partial charge in [-0.1, -0.05) is 6.92 Å². The number of hydrogen-bond acceptors (Lipinski definition) is 2. The van der Waals surface area contributed by atoms with Crippen molar-refractivity contribution in [2.24, 2.45) is 0 Å². The lowest BCUT2D eigenvalue weighted by atomic mass is 10.4. The van der Waals surface area contributed by atoms with Gasteiger partial charge in [0.2, 0.25) is 0 Å². The molecule has 2 heterocycles. The summed E-state index contributed by atoms with van der Waals surface area (Å²) in [5.74, 6) is 0. The summed E-state index contributed by atoms with van der Waals surface area (Å²) in [5.41, 5.74) is 0.140. The zero-order valence-electron chi connectivity index (χ0n) is 10.1. The predicted octanol–water partition coefficient (Wildman–Crippen LogP) is 1.16. The van der Waals surface area contributed by atoms with E-state index in [1.54, 1.807) is 4.57 Å². The molecule has 0 unspecified atom stereocenters. The summed E-state index contributed by atoms with van der Waals surface area (Å²) in [6.07, 6.45) is 7.44. The van der Waals surface area contributed by atoms with Crippen LogP contribution in [-0.2, 0) is 13.1 Å². The smallest absolute Gasteiger partial charge is 0.302 e. The van der Waals surface area contributed by atoms with Gasteiger partial charge < -0.3 is 4.90 Å². The fourth-order valence-electron chi connectivity index (χ4n) is 2.29. The molecule has 2 rings (SSSR count). The molecule has 0 atom stereocenters. The molecular weight excluding hydrogens is 202 g/mol. The van der Waals surface area contributed by atoms with E-state index in [0.717, 1.165) is 26.1 Å². The lowest BCUT2D eigenvalue weighted by Gasteiger charge is -2.13. The highest BCUT2D eigenvalue weighted by molar-refractivity contribution is 4.82. The molecule has 16 heavy (non-hydrogen) atoms. The molecule has 1 fully saturated rings. The molecule has 4 nitrogen and oxygen atoms in total. The van der Waals surface area contributed by atoms with Crippen molar-refractivity contribution in [3.63, 3.8) is 0 Å². The number of hydrogen-bond donors (Lipinski definition) is 0. The number of nitrogens with zero attached hydrogens (tertiary/aromatic N) is 3. The third kappa shape index (κ3) is 2.55. The van der Waals surface area contributed by atoms with E-state index < -0.39 is 0 Å². The van der Waals surface area contributed by atoms with Gasteiger partial charge in [-0.3, -0.25) is 9.13 Å². The number of likely N-dealkylation sites (tertiary alicyclic amines) is 1. The second kappa shape index (κ2) is 5.34. The monoisotopic (exact) mass is 223 g/mol. The third-order valence-corrected chi connectivity index (χ3v) is 3.24. The Morgan fingerprint density at radius 2 is 1.69 bits per heavy atom. The number of imidazole rings is 1. The van der Waals surface area contributed by atoms with Crippen LogP contribution >= 0.6 is 0 Å². The molecule has 1 saturated heterocycles. The van der Waals surface area contributed by atoms with Crippen LogP contribution in [0.3, 0.4) is 0 Å². The van der Waals surface area contributed by atoms with Crippen LogP contribution in [0.2, 0.25) is 0 Å². The summed E-state index contributed by atoms with van der Waals surface area (Å²) in [6.45, 7) is 7.16. The lowest BCUT2D eigenvalue weighted by Crippen LogP contribution is -2.30. The van der Waals surface area contributed by atoms with Gasteiger partial charge in [0.15, 0.2) is 0 Å². The van der Waals surface area contributed by atoms with Crippen LogP contribution in [0.25, 0.3) is 0 Å². The van der Waals surface area contributed by atoms with Gasteiger partial charge in [-0.2, -0.15) is 0 Å². The molecule has 90 valence electrons. The standard InChI is InChI=1S/C12H21N3O/c1-2-5-14-10-11-15(12(14)16)9-8-13-6-3-4-7-13/h10-11H,2-9H2,1H3. The van der Waals surface area contributed by atoms with Gasteiger partial charge in [-0.15, -0.1) is 0 Å². The molecule has 0 radical (unpaired) electrons. The van der Waals surface area contributed by atoms with Crippen molar-refractivity contribution >= 4 is 0 Å². The molecule has 4 heteroatoms. The van der Waals surface area contributed by atoms with E-state index in [-0.39, 0.29) is 5.69 Å². The normalized spacial score (nSPS) is 17.1. The fourth-order valence-corrected chi connectivity index (χ4v) is 2.29. The highest BCUT2D eigenvalue weighted by Crippen LogP contribution is 2.06. The molecule has 0 saturated carbocycles. The molecule has 1 aliphatic rings. The van der Waals surface area contributed by atoms with Crippen LogP contribution in [-0.4, -0.2) is 33.7 Å². The Balaban J connectivity index is 1.91. The van der Waals surface area contributed by atoms with Crippen LogP contribution in [0.1, 0.15) is 26.2 Å². The quantitative estimate of drug-likeness (QED) is 0.749. The molecule has 0 aromatic carbocycles. The van der Waals surface area contributed by atoms with E-state index in [4.69, 9.17) is 0 Å². The topological polar surface area (TPSA) is 30.2 Å². The van der Waals surface area contributed by atoms with Gasteiger partial charge in [0.05, 0.1) is 0 Å². The first-order chi connectivity index (χ1) is 7.81. The van der Waals surface area contributed by atoms with Crippen molar-refractivity contribution in [1.29, 1.82) is 0 Å². The first-order valence-electron chi connectivity index (χ1n) is 6.29. The highest BCUT2D eigenvalue weighted by atomic mass is 16.1. The number of rotatable bonds is 5. The molecule has 0 spiro atoms. The molecule has 0 N–H and O–H groups in total. The van der Waals surface area contributed by atoms with Crippen LogP contribution < -0.4 is 5.69 Å². The maximum atomic E-state index is 11.9. The second-order valence-corrected chi connectivity index (χ2v) is 4.52. The zero-order chi connectivity index (χ0) is 11.4. The largest absolute Gasteiger partial charge is 0.328 e. The molecular formula is C12H21N3O. The predicted molar refractivity (Wildman–Crippen MR) is 64.7 cm³/mol. The van der Waals surface area contributed by atoms with Crippen molar-refractivity contribution in [3.05, 3.63) is 22.9 Å². The molecule has 0 aliphatic carbocycles. The first-order valence-corrected chi connectivity index (χ1v) is 6.29. The van der Waals surface area contributed by atoms with Gasteiger partial charge in [-0.25, -0.2) is 4.79 Å². The lowest BCUT2D eigenvalue weighted by molar-refractivity contribution is 0.320. The molecule has 1 aromatic heterocycles. The number of aromatic nitrogens is 2. The van der Waals surface area contributed by atoms with Crippen molar-refractivity contribution in [2.75, 3.05) is 19.6 Å². The summed E-state index contributed by atoms with van der Waals surface area (Å²) in [6, 6.07) is 0. The number of aryl methyl sites for hydroxylation is 1. The minimum Gasteiger partial charge on any atom is -0.302 e. The van der Waals surface area contributed by atoms with E-state index in [2.05, 4.69) is 11.8 Å². The summed E-state index contributed by atoms with van der Waals surface area (Å²) >= 11 is 0. The van der Waals surface area contributed by atoms with Gasteiger partial charge >= 0.3 is 5.69 Å². The van der Waals surface area contributed by atoms with Crippen LogP contribution in [0.5, 0.6) is 0 Å². The van der Waals surface area contributed by atoms with Crippen molar-refractivity contribution in [3.8, 4) is 0 Å². The molecule has 1 aromatic rings. The second-order valence-electron chi connectivity index (χ2n) is 4.52. The van der Waals surface area contributed by atoms with Gasteiger partial charge in [0, 0.05) is 32.0 Å². The van der Waals surface area contributed by atoms with Gasteiger partial charge in [0.1, 0.15) is 0 Å². The third-order valence-electron chi connectivity index (χ3n) is 3.24. The Kier molecular flexibility index (Phi) is 3.83. The Labute approximate surface area is 96.5 Å². The fraction of sp³-hybridized carbons (Fsp3) is 0.750. The van der Waals surface area contributed by atoms with E-state index in [1.165, 1.54) is 25.9 Å². The maximum Gasteiger partial charge on any atom is 0.328 e. The SMILES string of the molecule is CCCn1ccn(CCN2CCCC2)c1=O.